The van der Waals surface area contributed by atoms with Gasteiger partial charge in [-0.3, -0.25) is 0 Å². The van der Waals surface area contributed by atoms with Crippen molar-refractivity contribution in [2.24, 2.45) is 7.05 Å². The maximum atomic E-state index is 15.1. The molecule has 1 aliphatic heterocycles. The smallest absolute Gasteiger partial charge is 0.398 e. The van der Waals surface area contributed by atoms with Crippen LogP contribution in [-0.4, -0.2) is 22.9 Å². The van der Waals surface area contributed by atoms with Gasteiger partial charge in [-0.1, -0.05) is 17.7 Å². The molecule has 0 atom stereocenters. The Balaban J connectivity index is 1.70. The molecule has 1 aliphatic carbocycles. The third-order valence-electron chi connectivity index (χ3n) is 6.17. The summed E-state index contributed by atoms with van der Waals surface area (Å²) in [6, 6.07) is 5.86. The van der Waals surface area contributed by atoms with E-state index in [9.17, 15) is 0 Å². The standard InChI is InChI=1S/C20H24BClFNO2/c1-18(2)19(3,4)26-21(25-18)17(23)11-20(8-9-20)15-12-24(5)16-10-13(22)6-7-14(15)16/h6-7,10-12H,8-9H2,1-5H3. The summed E-state index contributed by atoms with van der Waals surface area (Å²) in [4.78, 5) is 0. The zero-order valence-electron chi connectivity index (χ0n) is 15.9. The summed E-state index contributed by atoms with van der Waals surface area (Å²) < 4.78 is 28.8. The lowest BCUT2D eigenvalue weighted by molar-refractivity contribution is 0.00578. The Hall–Kier alpha value is -1.30. The van der Waals surface area contributed by atoms with Crippen molar-refractivity contribution in [1.82, 2.24) is 4.57 Å². The molecule has 1 aromatic heterocycles. The first kappa shape index (κ1) is 18.1. The summed E-state index contributed by atoms with van der Waals surface area (Å²) in [5.74, 6) is 0. The molecule has 26 heavy (non-hydrogen) atoms. The Morgan fingerprint density at radius 1 is 1.19 bits per heavy atom. The molecule has 0 spiro atoms. The van der Waals surface area contributed by atoms with Gasteiger partial charge in [0.05, 0.1) is 11.2 Å². The highest BCUT2D eigenvalue weighted by molar-refractivity contribution is 6.53. The minimum absolute atomic E-state index is 0.291. The minimum Gasteiger partial charge on any atom is -0.398 e. The van der Waals surface area contributed by atoms with E-state index in [4.69, 9.17) is 20.9 Å². The molecular weight excluding hydrogens is 351 g/mol. The number of nitrogens with zero attached hydrogens (tertiary/aromatic N) is 1. The molecule has 1 saturated heterocycles. The zero-order chi connectivity index (χ0) is 18.9. The van der Waals surface area contributed by atoms with E-state index in [2.05, 4.69) is 10.8 Å². The average Bonchev–Trinajstić information content (AvgIpc) is 3.18. The maximum Gasteiger partial charge on any atom is 0.524 e. The van der Waals surface area contributed by atoms with Crippen molar-refractivity contribution in [3.05, 3.63) is 46.8 Å². The van der Waals surface area contributed by atoms with Crippen LogP contribution < -0.4 is 0 Å². The Morgan fingerprint density at radius 2 is 1.81 bits per heavy atom. The van der Waals surface area contributed by atoms with E-state index in [1.807, 2.05) is 52.9 Å². The number of halogens is 2. The van der Waals surface area contributed by atoms with Gasteiger partial charge < -0.3 is 13.9 Å². The molecule has 0 bridgehead atoms. The number of rotatable bonds is 3. The molecule has 3 nitrogen and oxygen atoms in total. The van der Waals surface area contributed by atoms with Crippen molar-refractivity contribution in [2.45, 2.75) is 57.2 Å². The van der Waals surface area contributed by atoms with Crippen LogP contribution in [0, 0.1) is 0 Å². The number of benzene rings is 1. The van der Waals surface area contributed by atoms with Crippen molar-refractivity contribution >= 4 is 29.6 Å². The second-order valence-electron chi connectivity index (χ2n) is 8.59. The molecule has 2 fully saturated rings. The lowest BCUT2D eigenvalue weighted by atomic mass is 9.83. The van der Waals surface area contributed by atoms with Gasteiger partial charge in [-0.05, 0) is 64.3 Å². The largest absolute Gasteiger partial charge is 0.524 e. The quantitative estimate of drug-likeness (QED) is 0.675. The summed E-state index contributed by atoms with van der Waals surface area (Å²) in [6.07, 6.45) is 5.63. The normalized spacial score (nSPS) is 23.7. The SMILES string of the molecule is Cn1cc(C2(C=C(F)B3OC(C)(C)C(C)(C)O3)CC2)c2ccc(Cl)cc21. The van der Waals surface area contributed by atoms with Crippen LogP contribution in [0.3, 0.4) is 0 Å². The van der Waals surface area contributed by atoms with Crippen LogP contribution in [0.25, 0.3) is 10.9 Å². The molecule has 2 aromatic rings. The average molecular weight is 376 g/mol. The van der Waals surface area contributed by atoms with Gasteiger partial charge in [0.2, 0.25) is 0 Å². The summed E-state index contributed by atoms with van der Waals surface area (Å²) in [7, 11) is 1.05. The minimum atomic E-state index is -0.943. The fourth-order valence-electron chi connectivity index (χ4n) is 3.67. The lowest BCUT2D eigenvalue weighted by Gasteiger charge is -2.32. The Bertz CT molecular complexity index is 898. The summed E-state index contributed by atoms with van der Waals surface area (Å²) >= 11 is 6.14. The zero-order valence-corrected chi connectivity index (χ0v) is 16.7. The monoisotopic (exact) mass is 375 g/mol. The van der Waals surface area contributed by atoms with Crippen LogP contribution >= 0.6 is 11.6 Å². The van der Waals surface area contributed by atoms with Crippen molar-refractivity contribution in [3.8, 4) is 0 Å². The number of aryl methyl sites for hydroxylation is 1. The molecule has 0 unspecified atom stereocenters. The van der Waals surface area contributed by atoms with E-state index in [0.717, 1.165) is 29.3 Å². The van der Waals surface area contributed by atoms with Gasteiger partial charge in [0.1, 0.15) is 5.73 Å². The number of aromatic nitrogens is 1. The van der Waals surface area contributed by atoms with Gasteiger partial charge in [-0.2, -0.15) is 0 Å². The lowest BCUT2D eigenvalue weighted by Crippen LogP contribution is -2.41. The first-order valence-electron chi connectivity index (χ1n) is 9.04. The highest BCUT2D eigenvalue weighted by Crippen LogP contribution is 2.53. The van der Waals surface area contributed by atoms with E-state index in [0.29, 0.717) is 5.02 Å². The van der Waals surface area contributed by atoms with Crippen molar-refractivity contribution in [1.29, 1.82) is 0 Å². The van der Waals surface area contributed by atoms with Crippen molar-refractivity contribution in [2.75, 3.05) is 0 Å². The van der Waals surface area contributed by atoms with E-state index in [1.54, 1.807) is 6.08 Å². The predicted molar refractivity (Wildman–Crippen MR) is 104 cm³/mol. The number of fused-ring (bicyclic) bond motifs is 1. The molecular formula is C20H24BClFNO2. The predicted octanol–water partition coefficient (Wildman–Crippen LogP) is 5.35. The van der Waals surface area contributed by atoms with E-state index in [-0.39, 0.29) is 11.1 Å². The van der Waals surface area contributed by atoms with Gasteiger partial charge in [-0.25, -0.2) is 4.39 Å². The molecule has 0 radical (unpaired) electrons. The first-order chi connectivity index (χ1) is 12.0. The fourth-order valence-corrected chi connectivity index (χ4v) is 3.83. The summed E-state index contributed by atoms with van der Waals surface area (Å²) in [5.41, 5.74) is 0.473. The first-order valence-corrected chi connectivity index (χ1v) is 9.41. The van der Waals surface area contributed by atoms with Gasteiger partial charge in [0, 0.05) is 34.6 Å². The summed E-state index contributed by atoms with van der Waals surface area (Å²) in [6.45, 7) is 7.73. The van der Waals surface area contributed by atoms with E-state index in [1.165, 1.54) is 0 Å². The summed E-state index contributed by atoms with van der Waals surface area (Å²) in [5, 5.41) is 1.82. The van der Waals surface area contributed by atoms with Gasteiger partial charge in [0.15, 0.2) is 0 Å². The number of allylic oxidation sites excluding steroid dienone is 1. The fraction of sp³-hybridized carbons (Fsp3) is 0.500. The molecule has 1 aromatic carbocycles. The molecule has 4 rings (SSSR count). The molecule has 1 saturated carbocycles. The van der Waals surface area contributed by atoms with E-state index >= 15 is 4.39 Å². The molecule has 0 N–H and O–H groups in total. The second-order valence-corrected chi connectivity index (χ2v) is 9.03. The molecule has 6 heteroatoms. The van der Waals surface area contributed by atoms with Crippen LogP contribution in [-0.2, 0) is 21.8 Å². The third-order valence-corrected chi connectivity index (χ3v) is 6.41. The Labute approximate surface area is 159 Å². The topological polar surface area (TPSA) is 23.4 Å². The van der Waals surface area contributed by atoms with Crippen LogP contribution in [0.1, 0.15) is 46.1 Å². The molecule has 138 valence electrons. The molecule has 2 heterocycles. The van der Waals surface area contributed by atoms with Gasteiger partial charge >= 0.3 is 7.12 Å². The van der Waals surface area contributed by atoms with Gasteiger partial charge in [0.25, 0.3) is 0 Å². The van der Waals surface area contributed by atoms with Gasteiger partial charge in [-0.15, -0.1) is 0 Å². The Kier molecular flexibility index (Phi) is 3.90. The number of hydrogen-bond acceptors (Lipinski definition) is 2. The van der Waals surface area contributed by atoms with Crippen LogP contribution in [0.2, 0.25) is 5.02 Å². The van der Waals surface area contributed by atoms with Crippen molar-refractivity contribution in [3.63, 3.8) is 0 Å². The maximum absolute atomic E-state index is 15.1. The molecule has 2 aliphatic rings. The van der Waals surface area contributed by atoms with Crippen LogP contribution in [0.4, 0.5) is 4.39 Å². The van der Waals surface area contributed by atoms with E-state index < -0.39 is 18.3 Å². The third kappa shape index (κ3) is 2.72. The highest BCUT2D eigenvalue weighted by atomic mass is 35.5. The highest BCUT2D eigenvalue weighted by Gasteiger charge is 2.54. The van der Waals surface area contributed by atoms with Crippen LogP contribution in [0.5, 0.6) is 0 Å². The Morgan fingerprint density at radius 3 is 2.38 bits per heavy atom. The van der Waals surface area contributed by atoms with Crippen molar-refractivity contribution < 1.29 is 13.7 Å². The number of hydrogen-bond donors (Lipinski definition) is 0. The second kappa shape index (κ2) is 5.60. The molecule has 0 amide bonds. The van der Waals surface area contributed by atoms with Crippen LogP contribution in [0.15, 0.2) is 36.2 Å².